The maximum Gasteiger partial charge on any atom is 0.413 e. The number of carbonyl (C=O) groups excluding carboxylic acids is 4. The first-order chi connectivity index (χ1) is 11.4. The van der Waals surface area contributed by atoms with Crippen LogP contribution in [0.25, 0.3) is 0 Å². The number of methoxy groups -OCH3 is 1. The molecule has 0 spiro atoms. The number of ether oxygens (including phenoxy) is 2. The number of carbonyl (C=O) groups is 4. The van der Waals surface area contributed by atoms with Gasteiger partial charge < -0.3 is 14.4 Å². The molecule has 24 heavy (non-hydrogen) atoms. The zero-order valence-electron chi connectivity index (χ0n) is 13.4. The Morgan fingerprint density at radius 3 is 2.42 bits per heavy atom. The molecule has 0 aliphatic carbocycles. The van der Waals surface area contributed by atoms with Crippen LogP contribution in [-0.2, 0) is 19.1 Å². The summed E-state index contributed by atoms with van der Waals surface area (Å²) in [5, 5.41) is 1.92. The number of alkyl carbamates (subject to hydrolysis) is 1. The summed E-state index contributed by atoms with van der Waals surface area (Å²) in [7, 11) is 1.12. The monoisotopic (exact) mass is 334 g/mol. The van der Waals surface area contributed by atoms with Crippen LogP contribution < -0.4 is 10.2 Å². The molecule has 3 amide bonds. The molecule has 0 bridgehead atoms. The second-order valence-electron chi connectivity index (χ2n) is 5.22. The molecule has 1 atom stereocenters. The number of hydrogen-bond acceptors (Lipinski definition) is 6. The first-order valence-electron chi connectivity index (χ1n) is 7.42. The highest BCUT2D eigenvalue weighted by Gasteiger charge is 2.23. The van der Waals surface area contributed by atoms with Gasteiger partial charge in [0.05, 0.1) is 12.7 Å². The third-order valence-corrected chi connectivity index (χ3v) is 3.55. The normalized spacial score (nSPS) is 14.9. The van der Waals surface area contributed by atoms with Crippen LogP contribution >= 0.6 is 0 Å². The fraction of sp³-hybridized carbons (Fsp3) is 0.375. The second kappa shape index (κ2) is 7.58. The van der Waals surface area contributed by atoms with Crippen LogP contribution in [0.2, 0.25) is 0 Å². The van der Waals surface area contributed by atoms with Crippen molar-refractivity contribution in [3.05, 3.63) is 29.8 Å². The predicted molar refractivity (Wildman–Crippen MR) is 83.5 cm³/mol. The number of rotatable bonds is 4. The molecule has 1 aliphatic rings. The summed E-state index contributed by atoms with van der Waals surface area (Å²) in [6, 6.07) is 6.35. The Morgan fingerprint density at radius 1 is 1.21 bits per heavy atom. The van der Waals surface area contributed by atoms with E-state index in [9.17, 15) is 19.2 Å². The van der Waals surface area contributed by atoms with Crippen molar-refractivity contribution in [2.45, 2.75) is 25.9 Å². The number of imide groups is 1. The lowest BCUT2D eigenvalue weighted by Crippen LogP contribution is -2.39. The number of anilines is 1. The molecule has 1 aromatic rings. The predicted octanol–water partition coefficient (Wildman–Crippen LogP) is 1.24. The van der Waals surface area contributed by atoms with Gasteiger partial charge in [-0.15, -0.1) is 0 Å². The Balaban J connectivity index is 1.96. The third-order valence-electron chi connectivity index (χ3n) is 3.55. The van der Waals surface area contributed by atoms with E-state index in [0.29, 0.717) is 18.7 Å². The lowest BCUT2D eigenvalue weighted by atomic mass is 10.2. The van der Waals surface area contributed by atoms with Crippen LogP contribution in [0.4, 0.5) is 10.5 Å². The lowest BCUT2D eigenvalue weighted by Gasteiger charge is -2.16. The molecular weight excluding hydrogens is 316 g/mol. The van der Waals surface area contributed by atoms with Gasteiger partial charge in [0.1, 0.15) is 0 Å². The van der Waals surface area contributed by atoms with Crippen molar-refractivity contribution in [2.75, 3.05) is 18.6 Å². The summed E-state index contributed by atoms with van der Waals surface area (Å²) >= 11 is 0. The molecule has 1 N–H and O–H groups in total. The highest BCUT2D eigenvalue weighted by Crippen LogP contribution is 2.21. The molecule has 8 nitrogen and oxygen atoms in total. The number of amides is 3. The van der Waals surface area contributed by atoms with Gasteiger partial charge in [-0.25, -0.2) is 9.59 Å². The highest BCUT2D eigenvalue weighted by molar-refractivity contribution is 5.98. The van der Waals surface area contributed by atoms with E-state index in [2.05, 4.69) is 4.74 Å². The average Bonchev–Trinajstić information content (AvgIpc) is 3.00. The van der Waals surface area contributed by atoms with Crippen molar-refractivity contribution in [1.82, 2.24) is 5.32 Å². The summed E-state index contributed by atoms with van der Waals surface area (Å²) < 4.78 is 9.28. The first-order valence-corrected chi connectivity index (χ1v) is 7.42. The van der Waals surface area contributed by atoms with Gasteiger partial charge in [-0.1, -0.05) is 0 Å². The average molecular weight is 334 g/mol. The summed E-state index contributed by atoms with van der Waals surface area (Å²) in [6.07, 6.45) is -0.745. The van der Waals surface area contributed by atoms with Gasteiger partial charge >= 0.3 is 12.1 Å². The summed E-state index contributed by atoms with van der Waals surface area (Å²) in [6.45, 7) is 2.00. The van der Waals surface area contributed by atoms with E-state index in [1.807, 2.05) is 5.32 Å². The van der Waals surface area contributed by atoms with Gasteiger partial charge in [0.2, 0.25) is 5.91 Å². The van der Waals surface area contributed by atoms with Crippen LogP contribution in [0.15, 0.2) is 24.3 Å². The second-order valence-corrected chi connectivity index (χ2v) is 5.22. The van der Waals surface area contributed by atoms with Crippen LogP contribution in [-0.4, -0.2) is 43.6 Å². The standard InChI is InChI=1S/C16H18N2O6/c1-10(14(20)17-16(22)23-2)24-15(21)11-5-7-12(8-6-11)18-9-3-4-13(18)19/h5-8,10H,3-4,9H2,1-2H3,(H,17,20,22)/t10-/m0/s1. The Kier molecular flexibility index (Phi) is 5.51. The van der Waals surface area contributed by atoms with E-state index in [0.717, 1.165) is 13.5 Å². The maximum atomic E-state index is 12.0. The van der Waals surface area contributed by atoms with Crippen molar-refractivity contribution in [1.29, 1.82) is 0 Å². The third kappa shape index (κ3) is 4.09. The zero-order valence-corrected chi connectivity index (χ0v) is 13.4. The van der Waals surface area contributed by atoms with Gasteiger partial charge in [-0.3, -0.25) is 14.9 Å². The molecular formula is C16H18N2O6. The van der Waals surface area contributed by atoms with Crippen molar-refractivity contribution >= 4 is 29.6 Å². The Morgan fingerprint density at radius 2 is 1.88 bits per heavy atom. The van der Waals surface area contributed by atoms with Gasteiger partial charge in [0.15, 0.2) is 6.10 Å². The Hall–Kier alpha value is -2.90. The zero-order chi connectivity index (χ0) is 17.7. The maximum absolute atomic E-state index is 12.0. The minimum Gasteiger partial charge on any atom is -0.453 e. The number of hydrogen-bond donors (Lipinski definition) is 1. The number of nitrogens with zero attached hydrogens (tertiary/aromatic N) is 1. The molecule has 1 saturated heterocycles. The van der Waals surface area contributed by atoms with Gasteiger partial charge in [0, 0.05) is 18.7 Å². The quantitative estimate of drug-likeness (QED) is 0.831. The van der Waals surface area contributed by atoms with Crippen molar-refractivity contribution in [3.63, 3.8) is 0 Å². The Bertz CT molecular complexity index is 655. The number of nitrogens with one attached hydrogen (secondary N) is 1. The van der Waals surface area contributed by atoms with E-state index in [4.69, 9.17) is 4.74 Å². The van der Waals surface area contributed by atoms with E-state index in [1.54, 1.807) is 17.0 Å². The van der Waals surface area contributed by atoms with E-state index >= 15 is 0 Å². The fourth-order valence-corrected chi connectivity index (χ4v) is 2.23. The molecule has 0 saturated carbocycles. The molecule has 1 fully saturated rings. The molecule has 0 radical (unpaired) electrons. The van der Waals surface area contributed by atoms with Crippen molar-refractivity contribution < 1.29 is 28.7 Å². The molecule has 8 heteroatoms. The van der Waals surface area contributed by atoms with Gasteiger partial charge in [-0.05, 0) is 37.6 Å². The topological polar surface area (TPSA) is 102 Å². The van der Waals surface area contributed by atoms with Crippen molar-refractivity contribution in [2.24, 2.45) is 0 Å². The fourth-order valence-electron chi connectivity index (χ4n) is 2.23. The molecule has 1 aromatic carbocycles. The van der Waals surface area contributed by atoms with E-state index < -0.39 is 24.1 Å². The number of esters is 1. The summed E-state index contributed by atoms with van der Waals surface area (Å²) in [5.74, 6) is -1.44. The SMILES string of the molecule is COC(=O)NC(=O)[C@H](C)OC(=O)c1ccc(N2CCCC2=O)cc1. The molecule has 2 rings (SSSR count). The van der Waals surface area contributed by atoms with Gasteiger partial charge in [-0.2, -0.15) is 0 Å². The van der Waals surface area contributed by atoms with E-state index in [1.165, 1.54) is 19.1 Å². The van der Waals surface area contributed by atoms with Crippen molar-refractivity contribution in [3.8, 4) is 0 Å². The highest BCUT2D eigenvalue weighted by atomic mass is 16.6. The minimum absolute atomic E-state index is 0.0541. The molecule has 1 heterocycles. The van der Waals surface area contributed by atoms with Crippen LogP contribution in [0.3, 0.4) is 0 Å². The number of benzene rings is 1. The smallest absolute Gasteiger partial charge is 0.413 e. The largest absolute Gasteiger partial charge is 0.453 e. The molecule has 0 aromatic heterocycles. The van der Waals surface area contributed by atoms with Crippen LogP contribution in [0.1, 0.15) is 30.1 Å². The first kappa shape index (κ1) is 17.5. The molecule has 0 unspecified atom stereocenters. The van der Waals surface area contributed by atoms with E-state index in [-0.39, 0.29) is 11.5 Å². The van der Waals surface area contributed by atoms with Gasteiger partial charge in [0.25, 0.3) is 5.91 Å². The minimum atomic E-state index is -1.16. The van der Waals surface area contributed by atoms with Crippen LogP contribution in [0.5, 0.6) is 0 Å². The molecule has 128 valence electrons. The Labute approximate surface area is 138 Å². The van der Waals surface area contributed by atoms with Crippen LogP contribution in [0, 0.1) is 0 Å². The molecule has 1 aliphatic heterocycles. The lowest BCUT2D eigenvalue weighted by molar-refractivity contribution is -0.128. The summed E-state index contributed by atoms with van der Waals surface area (Å²) in [4.78, 5) is 47.9. The summed E-state index contributed by atoms with van der Waals surface area (Å²) in [5.41, 5.74) is 0.952.